The summed E-state index contributed by atoms with van der Waals surface area (Å²) in [5.74, 6) is 0.658. The molecule has 0 saturated carbocycles. The number of carbonyl (C=O) groups is 2. The summed E-state index contributed by atoms with van der Waals surface area (Å²) in [7, 11) is 0. The van der Waals surface area contributed by atoms with E-state index in [-0.39, 0.29) is 37.2 Å². The van der Waals surface area contributed by atoms with Gasteiger partial charge in [0.25, 0.3) is 5.56 Å². The van der Waals surface area contributed by atoms with Gasteiger partial charge in [-0.1, -0.05) is 48.2 Å². The van der Waals surface area contributed by atoms with Crippen LogP contribution in [-0.4, -0.2) is 40.6 Å². The number of nitrogens with zero attached hydrogens (tertiary/aromatic N) is 2. The molecular formula is C27H25N3O6S2. The molecular weight excluding hydrogens is 526 g/mol. The Bertz CT molecular complexity index is 1560. The Labute approximate surface area is 226 Å². The van der Waals surface area contributed by atoms with Crippen molar-refractivity contribution in [1.82, 2.24) is 14.9 Å². The van der Waals surface area contributed by atoms with Crippen LogP contribution in [0.2, 0.25) is 0 Å². The molecule has 0 aliphatic carbocycles. The number of nitrogens with one attached hydrogen (secondary N) is 1. The van der Waals surface area contributed by atoms with Crippen LogP contribution in [0.15, 0.2) is 58.5 Å². The van der Waals surface area contributed by atoms with Gasteiger partial charge in [-0.3, -0.25) is 14.2 Å². The van der Waals surface area contributed by atoms with E-state index in [0.717, 1.165) is 22.5 Å². The Balaban J connectivity index is 1.46. The number of thioether (sulfide) groups is 1. The van der Waals surface area contributed by atoms with Crippen LogP contribution < -0.4 is 20.3 Å². The average molecular weight is 552 g/mol. The summed E-state index contributed by atoms with van der Waals surface area (Å²) in [6, 6.07) is 15.1. The zero-order chi connectivity index (χ0) is 26.6. The highest BCUT2D eigenvalue weighted by atomic mass is 32.2. The van der Waals surface area contributed by atoms with Crippen LogP contribution >= 0.6 is 23.1 Å². The van der Waals surface area contributed by atoms with E-state index >= 15 is 0 Å². The lowest BCUT2D eigenvalue weighted by Gasteiger charge is -2.13. The fourth-order valence-corrected chi connectivity index (χ4v) is 5.98. The third-order valence-electron chi connectivity index (χ3n) is 5.92. The molecule has 1 aliphatic rings. The first kappa shape index (κ1) is 25.8. The van der Waals surface area contributed by atoms with Crippen molar-refractivity contribution in [2.75, 3.05) is 19.2 Å². The van der Waals surface area contributed by atoms with Gasteiger partial charge >= 0.3 is 5.97 Å². The molecule has 38 heavy (non-hydrogen) atoms. The first-order chi connectivity index (χ1) is 18.4. The van der Waals surface area contributed by atoms with Crippen molar-refractivity contribution < 1.29 is 23.8 Å². The third kappa shape index (κ3) is 5.39. The van der Waals surface area contributed by atoms with E-state index in [2.05, 4.69) is 5.32 Å². The number of amides is 1. The SMILES string of the molecule is CCOC(=O)c1sc2nc(SCC(=O)NCc3ccccc3)n(Cc3ccc4c(c3)OCO4)c(=O)c2c1C. The molecule has 0 radical (unpaired) electrons. The Morgan fingerprint density at radius 3 is 2.71 bits per heavy atom. The summed E-state index contributed by atoms with van der Waals surface area (Å²) < 4.78 is 17.6. The summed E-state index contributed by atoms with van der Waals surface area (Å²) in [4.78, 5) is 44.4. The molecule has 196 valence electrons. The molecule has 1 aliphatic heterocycles. The summed E-state index contributed by atoms with van der Waals surface area (Å²) >= 11 is 2.30. The van der Waals surface area contributed by atoms with E-state index in [4.69, 9.17) is 19.2 Å². The second-order valence-corrected chi connectivity index (χ2v) is 10.4. The number of thiophene rings is 1. The van der Waals surface area contributed by atoms with Crippen LogP contribution in [0.3, 0.4) is 0 Å². The molecule has 1 amide bonds. The van der Waals surface area contributed by atoms with Crippen LogP contribution in [-0.2, 0) is 22.6 Å². The van der Waals surface area contributed by atoms with E-state index < -0.39 is 5.97 Å². The summed E-state index contributed by atoms with van der Waals surface area (Å²) in [5, 5.41) is 3.65. The van der Waals surface area contributed by atoms with E-state index in [1.54, 1.807) is 19.9 Å². The monoisotopic (exact) mass is 551 g/mol. The highest BCUT2D eigenvalue weighted by Crippen LogP contribution is 2.34. The minimum Gasteiger partial charge on any atom is -0.462 e. The number of benzene rings is 2. The van der Waals surface area contributed by atoms with Crippen molar-refractivity contribution in [3.05, 3.63) is 80.5 Å². The fraction of sp³-hybridized carbons (Fsp3) is 0.259. The van der Waals surface area contributed by atoms with E-state index in [9.17, 15) is 14.4 Å². The summed E-state index contributed by atoms with van der Waals surface area (Å²) in [6.45, 7) is 4.45. The Hall–Kier alpha value is -3.83. The van der Waals surface area contributed by atoms with Gasteiger partial charge in [-0.05, 0) is 42.7 Å². The van der Waals surface area contributed by atoms with Crippen molar-refractivity contribution >= 4 is 45.2 Å². The zero-order valence-electron chi connectivity index (χ0n) is 20.8. The Morgan fingerprint density at radius 2 is 1.92 bits per heavy atom. The first-order valence-corrected chi connectivity index (χ1v) is 13.8. The van der Waals surface area contributed by atoms with Crippen molar-refractivity contribution in [3.8, 4) is 11.5 Å². The van der Waals surface area contributed by atoms with Crippen molar-refractivity contribution in [1.29, 1.82) is 0 Å². The van der Waals surface area contributed by atoms with Gasteiger partial charge in [0.2, 0.25) is 12.7 Å². The predicted octanol–water partition coefficient (Wildman–Crippen LogP) is 4.13. The lowest BCUT2D eigenvalue weighted by atomic mass is 10.2. The van der Waals surface area contributed by atoms with Gasteiger partial charge in [-0.15, -0.1) is 11.3 Å². The highest BCUT2D eigenvalue weighted by Gasteiger charge is 2.23. The van der Waals surface area contributed by atoms with E-state index in [1.807, 2.05) is 42.5 Å². The standard InChI is InChI=1S/C27H25N3O6S2/c1-3-34-26(33)23-16(2)22-24(38-23)29-27(37-14-21(31)28-12-17-7-5-4-6-8-17)30(25(22)32)13-18-9-10-19-20(11-18)36-15-35-19/h4-11H,3,12-15H2,1-2H3,(H,28,31). The normalized spacial score (nSPS) is 12.1. The molecule has 0 spiro atoms. The zero-order valence-corrected chi connectivity index (χ0v) is 22.4. The molecule has 0 fully saturated rings. The van der Waals surface area contributed by atoms with Crippen molar-refractivity contribution in [2.45, 2.75) is 32.1 Å². The van der Waals surface area contributed by atoms with Gasteiger partial charge in [0.15, 0.2) is 16.7 Å². The molecule has 5 rings (SSSR count). The average Bonchev–Trinajstić information content (AvgIpc) is 3.52. The molecule has 3 heterocycles. The highest BCUT2D eigenvalue weighted by molar-refractivity contribution is 7.99. The Morgan fingerprint density at radius 1 is 1.13 bits per heavy atom. The molecule has 4 aromatic rings. The molecule has 1 N–H and O–H groups in total. The van der Waals surface area contributed by atoms with Gasteiger partial charge in [0.05, 0.1) is 24.3 Å². The minimum absolute atomic E-state index is 0.0704. The Kier molecular flexibility index (Phi) is 7.66. The summed E-state index contributed by atoms with van der Waals surface area (Å²) in [5.41, 5.74) is 2.05. The number of rotatable bonds is 9. The number of ether oxygens (including phenoxy) is 3. The van der Waals surface area contributed by atoms with Gasteiger partial charge in [-0.25, -0.2) is 9.78 Å². The van der Waals surface area contributed by atoms with Gasteiger partial charge in [0, 0.05) is 6.54 Å². The molecule has 11 heteroatoms. The maximum absolute atomic E-state index is 13.8. The minimum atomic E-state index is -0.482. The fourth-order valence-electron chi connectivity index (χ4n) is 4.04. The van der Waals surface area contributed by atoms with Gasteiger partial charge < -0.3 is 19.5 Å². The molecule has 0 atom stereocenters. The van der Waals surface area contributed by atoms with Crippen molar-refractivity contribution in [3.63, 3.8) is 0 Å². The number of aromatic nitrogens is 2. The lowest BCUT2D eigenvalue weighted by molar-refractivity contribution is -0.118. The second-order valence-electron chi connectivity index (χ2n) is 8.48. The molecule has 9 nitrogen and oxygen atoms in total. The smallest absolute Gasteiger partial charge is 0.348 e. The maximum atomic E-state index is 13.8. The summed E-state index contributed by atoms with van der Waals surface area (Å²) in [6.07, 6.45) is 0. The van der Waals surface area contributed by atoms with Crippen LogP contribution in [0.25, 0.3) is 10.2 Å². The quantitative estimate of drug-likeness (QED) is 0.188. The van der Waals surface area contributed by atoms with Crippen LogP contribution in [0.4, 0.5) is 0 Å². The lowest BCUT2D eigenvalue weighted by Crippen LogP contribution is -2.27. The topological polar surface area (TPSA) is 109 Å². The third-order valence-corrected chi connectivity index (χ3v) is 8.06. The first-order valence-electron chi connectivity index (χ1n) is 12.0. The van der Waals surface area contributed by atoms with Crippen LogP contribution in [0.1, 0.15) is 33.3 Å². The molecule has 2 aromatic heterocycles. The number of fused-ring (bicyclic) bond motifs is 2. The molecule has 2 aromatic carbocycles. The van der Waals surface area contributed by atoms with Gasteiger partial charge in [-0.2, -0.15) is 0 Å². The number of hydrogen-bond donors (Lipinski definition) is 1. The second kappa shape index (κ2) is 11.3. The largest absolute Gasteiger partial charge is 0.462 e. The number of aryl methyl sites for hydroxylation is 1. The van der Waals surface area contributed by atoms with Crippen LogP contribution in [0, 0.1) is 6.92 Å². The van der Waals surface area contributed by atoms with Gasteiger partial charge in [0.1, 0.15) is 9.71 Å². The molecule has 0 bridgehead atoms. The van der Waals surface area contributed by atoms with E-state index in [0.29, 0.717) is 43.9 Å². The predicted molar refractivity (Wildman–Crippen MR) is 145 cm³/mol. The van der Waals surface area contributed by atoms with Crippen LogP contribution in [0.5, 0.6) is 11.5 Å². The van der Waals surface area contributed by atoms with E-state index in [1.165, 1.54) is 16.3 Å². The number of hydrogen-bond acceptors (Lipinski definition) is 9. The molecule has 0 unspecified atom stereocenters. The number of carbonyl (C=O) groups excluding carboxylic acids is 2. The number of esters is 1. The maximum Gasteiger partial charge on any atom is 0.348 e. The molecule has 0 saturated heterocycles. The van der Waals surface area contributed by atoms with Crippen molar-refractivity contribution in [2.24, 2.45) is 0 Å².